The smallest absolute Gasteiger partial charge is 0.142 e. The molecule has 0 fully saturated rings. The normalized spacial score (nSPS) is 11.2. The first-order valence-corrected chi connectivity index (χ1v) is 11.3. The van der Waals surface area contributed by atoms with Crippen LogP contribution in [-0.4, -0.2) is 19.8 Å². The number of rotatable bonds is 12. The molecule has 0 amide bonds. The molecule has 3 nitrogen and oxygen atoms in total. The number of nitrogens with one attached hydrogen (secondary N) is 1. The summed E-state index contributed by atoms with van der Waals surface area (Å²) < 4.78 is 11.9. The van der Waals surface area contributed by atoms with Crippen LogP contribution in [0.3, 0.4) is 0 Å². The Morgan fingerprint density at radius 3 is 2.23 bits per heavy atom. The minimum Gasteiger partial charge on any atom is -0.492 e. The van der Waals surface area contributed by atoms with Gasteiger partial charge in [-0.1, -0.05) is 75.4 Å². The summed E-state index contributed by atoms with van der Waals surface area (Å²) in [6.45, 7) is 8.78. The zero-order valence-electron chi connectivity index (χ0n) is 19.1. The molecule has 1 N–H and O–H groups in total. The summed E-state index contributed by atoms with van der Waals surface area (Å²) in [5.41, 5.74) is 3.90. The van der Waals surface area contributed by atoms with Crippen molar-refractivity contribution in [1.82, 2.24) is 0 Å². The number of ether oxygens (including phenoxy) is 2. The molecule has 0 aliphatic rings. The molecule has 0 aliphatic heterocycles. The molecular weight excluding hydrogens is 382 g/mol. The van der Waals surface area contributed by atoms with Crippen molar-refractivity contribution in [3.63, 3.8) is 0 Å². The number of hydrogen-bond donors (Lipinski definition) is 1. The number of para-hydroxylation sites is 2. The van der Waals surface area contributed by atoms with E-state index in [1.807, 2.05) is 30.3 Å². The average molecular weight is 418 g/mol. The second-order valence-electron chi connectivity index (χ2n) is 8.47. The van der Waals surface area contributed by atoms with Crippen molar-refractivity contribution in [3.8, 4) is 11.5 Å². The largest absolute Gasteiger partial charge is 0.492 e. The maximum absolute atomic E-state index is 6.03. The molecule has 3 heteroatoms. The van der Waals surface area contributed by atoms with E-state index >= 15 is 0 Å². The molecule has 0 unspecified atom stereocenters. The summed E-state index contributed by atoms with van der Waals surface area (Å²) in [6.07, 6.45) is 3.13. The van der Waals surface area contributed by atoms with Gasteiger partial charge in [-0.05, 0) is 60.1 Å². The third-order valence-electron chi connectivity index (χ3n) is 5.80. The summed E-state index contributed by atoms with van der Waals surface area (Å²) in [6, 6.07) is 27.1. The third kappa shape index (κ3) is 7.06. The van der Waals surface area contributed by atoms with E-state index in [4.69, 9.17) is 9.47 Å². The van der Waals surface area contributed by atoms with Crippen molar-refractivity contribution in [3.05, 3.63) is 90.0 Å². The van der Waals surface area contributed by atoms with E-state index in [1.165, 1.54) is 11.1 Å². The molecule has 0 aromatic heterocycles. The van der Waals surface area contributed by atoms with Gasteiger partial charge < -0.3 is 14.8 Å². The van der Waals surface area contributed by atoms with E-state index in [0.717, 1.165) is 36.4 Å². The molecule has 31 heavy (non-hydrogen) atoms. The molecule has 3 aromatic rings. The number of hydrogen-bond acceptors (Lipinski definition) is 3. The lowest BCUT2D eigenvalue weighted by Gasteiger charge is -2.23. The first-order valence-electron chi connectivity index (χ1n) is 11.3. The number of aryl methyl sites for hydroxylation is 1. The minimum absolute atomic E-state index is 0.199. The lowest BCUT2D eigenvalue weighted by atomic mass is 9.82. The molecule has 0 spiro atoms. The molecule has 3 rings (SSSR count). The van der Waals surface area contributed by atoms with Crippen molar-refractivity contribution in [2.24, 2.45) is 0 Å². The van der Waals surface area contributed by atoms with Crippen LogP contribution in [-0.2, 0) is 11.8 Å². The van der Waals surface area contributed by atoms with Crippen LogP contribution in [0.2, 0.25) is 0 Å². The van der Waals surface area contributed by atoms with Crippen LogP contribution in [0.4, 0.5) is 5.69 Å². The molecule has 0 atom stereocenters. The molecule has 0 saturated carbocycles. The predicted octanol–water partition coefficient (Wildman–Crippen LogP) is 6.88. The van der Waals surface area contributed by atoms with E-state index in [0.29, 0.717) is 19.8 Å². The van der Waals surface area contributed by atoms with Gasteiger partial charge in [-0.15, -0.1) is 0 Å². The molecule has 164 valence electrons. The first kappa shape index (κ1) is 22.7. The van der Waals surface area contributed by atoms with Crippen LogP contribution in [0.25, 0.3) is 0 Å². The Balaban J connectivity index is 1.41. The Bertz CT molecular complexity index is 904. The summed E-state index contributed by atoms with van der Waals surface area (Å²) >= 11 is 0. The number of benzene rings is 3. The Morgan fingerprint density at radius 2 is 1.48 bits per heavy atom. The summed E-state index contributed by atoms with van der Waals surface area (Å²) in [5.74, 6) is 1.80. The van der Waals surface area contributed by atoms with E-state index in [2.05, 4.69) is 74.6 Å². The Kier molecular flexibility index (Phi) is 8.40. The van der Waals surface area contributed by atoms with Gasteiger partial charge >= 0.3 is 0 Å². The molecule has 0 heterocycles. The highest BCUT2D eigenvalue weighted by atomic mass is 16.5. The Labute approximate surface area is 187 Å². The maximum atomic E-state index is 6.03. The fourth-order valence-electron chi connectivity index (χ4n) is 3.40. The highest BCUT2D eigenvalue weighted by molar-refractivity contribution is 5.56. The van der Waals surface area contributed by atoms with Gasteiger partial charge in [0.1, 0.15) is 18.1 Å². The lowest BCUT2D eigenvalue weighted by Crippen LogP contribution is -2.15. The van der Waals surface area contributed by atoms with Crippen LogP contribution < -0.4 is 14.8 Å². The molecule has 0 bridgehead atoms. The lowest BCUT2D eigenvalue weighted by molar-refractivity contribution is 0.311. The second-order valence-corrected chi connectivity index (χ2v) is 8.47. The third-order valence-corrected chi connectivity index (χ3v) is 5.80. The van der Waals surface area contributed by atoms with Crippen molar-refractivity contribution in [2.75, 3.05) is 25.1 Å². The molecule has 0 aliphatic carbocycles. The van der Waals surface area contributed by atoms with Gasteiger partial charge in [0.05, 0.1) is 12.3 Å². The van der Waals surface area contributed by atoms with Crippen LogP contribution in [0, 0.1) is 0 Å². The fraction of sp³-hybridized carbons (Fsp3) is 0.357. The summed E-state index contributed by atoms with van der Waals surface area (Å²) in [7, 11) is 0. The van der Waals surface area contributed by atoms with Gasteiger partial charge in [-0.3, -0.25) is 0 Å². The van der Waals surface area contributed by atoms with E-state index < -0.39 is 0 Å². The maximum Gasteiger partial charge on any atom is 0.142 e. The average Bonchev–Trinajstić information content (AvgIpc) is 2.81. The standard InChI is InChI=1S/C28H35NO2/c1-4-28(2,3)24-16-18-25(19-17-24)30-22-20-29-26-14-8-9-15-27(26)31-21-10-13-23-11-6-5-7-12-23/h5-9,11-12,14-19,29H,4,10,13,20-22H2,1-3H3. The Hall–Kier alpha value is -2.94. The van der Waals surface area contributed by atoms with Crippen molar-refractivity contribution in [2.45, 2.75) is 45.4 Å². The van der Waals surface area contributed by atoms with E-state index in [9.17, 15) is 0 Å². The fourth-order valence-corrected chi connectivity index (χ4v) is 3.40. The monoisotopic (exact) mass is 417 g/mol. The second kappa shape index (κ2) is 11.5. The van der Waals surface area contributed by atoms with Gasteiger partial charge in [-0.25, -0.2) is 0 Å². The van der Waals surface area contributed by atoms with Crippen LogP contribution in [0.1, 0.15) is 44.7 Å². The van der Waals surface area contributed by atoms with Crippen molar-refractivity contribution >= 4 is 5.69 Å². The van der Waals surface area contributed by atoms with E-state index in [-0.39, 0.29) is 5.41 Å². The number of anilines is 1. The topological polar surface area (TPSA) is 30.5 Å². The van der Waals surface area contributed by atoms with Crippen LogP contribution in [0.15, 0.2) is 78.9 Å². The van der Waals surface area contributed by atoms with Crippen LogP contribution >= 0.6 is 0 Å². The summed E-state index contributed by atoms with van der Waals surface area (Å²) in [4.78, 5) is 0. The van der Waals surface area contributed by atoms with Crippen molar-refractivity contribution < 1.29 is 9.47 Å². The SMILES string of the molecule is CCC(C)(C)c1ccc(OCCNc2ccccc2OCCCc2ccccc2)cc1. The highest BCUT2D eigenvalue weighted by Gasteiger charge is 2.17. The molecule has 3 aromatic carbocycles. The van der Waals surface area contributed by atoms with Crippen molar-refractivity contribution in [1.29, 1.82) is 0 Å². The Morgan fingerprint density at radius 1 is 0.774 bits per heavy atom. The van der Waals surface area contributed by atoms with Crippen LogP contribution in [0.5, 0.6) is 11.5 Å². The molecule has 0 saturated heterocycles. The van der Waals surface area contributed by atoms with E-state index in [1.54, 1.807) is 0 Å². The molecular formula is C28H35NO2. The quantitative estimate of drug-likeness (QED) is 0.326. The van der Waals surface area contributed by atoms with Gasteiger partial charge in [0.25, 0.3) is 0 Å². The molecule has 0 radical (unpaired) electrons. The van der Waals surface area contributed by atoms with Gasteiger partial charge in [0.2, 0.25) is 0 Å². The van der Waals surface area contributed by atoms with Gasteiger partial charge in [0.15, 0.2) is 0 Å². The minimum atomic E-state index is 0.199. The van der Waals surface area contributed by atoms with Gasteiger partial charge in [0, 0.05) is 6.54 Å². The van der Waals surface area contributed by atoms with Gasteiger partial charge in [-0.2, -0.15) is 0 Å². The zero-order valence-corrected chi connectivity index (χ0v) is 19.1. The zero-order chi connectivity index (χ0) is 21.9. The first-order chi connectivity index (χ1) is 15.1. The predicted molar refractivity (Wildman–Crippen MR) is 130 cm³/mol. The summed E-state index contributed by atoms with van der Waals surface area (Å²) in [5, 5.41) is 3.44. The highest BCUT2D eigenvalue weighted by Crippen LogP contribution is 2.28.